The molecule has 0 spiro atoms. The molecule has 0 saturated carbocycles. The first-order valence-corrected chi connectivity index (χ1v) is 9.78. The monoisotopic (exact) mass is 325 g/mol. The Hall–Kier alpha value is 1.18. The van der Waals surface area contributed by atoms with Crippen LogP contribution in [0.3, 0.4) is 0 Å². The van der Waals surface area contributed by atoms with Gasteiger partial charge in [0.15, 0.2) is 0 Å². The average molecular weight is 326 g/mol. The summed E-state index contributed by atoms with van der Waals surface area (Å²) in [5.41, 5.74) is 0. The number of nitrogens with zero attached hydrogens (tertiary/aromatic N) is 3. The number of rotatable bonds is 0. The highest BCUT2D eigenvalue weighted by atomic mass is 79.9. The van der Waals surface area contributed by atoms with Gasteiger partial charge in [0.25, 0.3) is 0 Å². The highest BCUT2D eigenvalue weighted by molar-refractivity contribution is 9.40. The van der Waals surface area contributed by atoms with Crippen molar-refractivity contribution in [3.05, 3.63) is 0 Å². The van der Waals surface area contributed by atoms with Crippen LogP contribution < -0.4 is 0 Å². The second-order valence-electron chi connectivity index (χ2n) is 1.64. The molecule has 2 unspecified atom stereocenters. The molecule has 0 bridgehead atoms. The maximum atomic E-state index is 12.7. The lowest BCUT2D eigenvalue weighted by atomic mass is 13.8. The maximum absolute atomic E-state index is 12.7. The molecule has 1 rings (SSSR count). The van der Waals surface area contributed by atoms with Crippen LogP contribution in [0.5, 0.6) is 0 Å². The van der Waals surface area contributed by atoms with Crippen molar-refractivity contribution in [3.63, 3.8) is 0 Å². The molecule has 0 N–H and O–H groups in total. The molecule has 0 aliphatic carbocycles. The molecule has 2 atom stereocenters. The van der Waals surface area contributed by atoms with E-state index in [4.69, 9.17) is 11.2 Å². The van der Waals surface area contributed by atoms with Crippen LogP contribution in [0.15, 0.2) is 13.5 Å². The Labute approximate surface area is 78.2 Å². The summed E-state index contributed by atoms with van der Waals surface area (Å²) in [6.45, 7) is -4.52. The van der Waals surface area contributed by atoms with E-state index in [0.717, 1.165) is 0 Å². The van der Waals surface area contributed by atoms with Gasteiger partial charge in [-0.05, 0) is 11.2 Å². The third-order valence-electron chi connectivity index (χ3n) is 0.646. The zero-order valence-electron chi connectivity index (χ0n) is 4.95. The lowest BCUT2D eigenvalue weighted by molar-refractivity contribution is 0.723. The zero-order chi connectivity index (χ0) is 9.62. The van der Waals surface area contributed by atoms with Crippen molar-refractivity contribution in [3.8, 4) is 0 Å². The van der Waals surface area contributed by atoms with E-state index in [-0.39, 0.29) is 0 Å². The van der Waals surface area contributed by atoms with Gasteiger partial charge in [0.05, 0.1) is 0 Å². The minimum Gasteiger partial charge on any atom is -0.170 e. The summed E-state index contributed by atoms with van der Waals surface area (Å²) >= 11 is 6.94. The van der Waals surface area contributed by atoms with Gasteiger partial charge in [0.1, 0.15) is 0 Å². The molecule has 1 aliphatic heterocycles. The molecule has 0 aromatic rings. The summed E-state index contributed by atoms with van der Waals surface area (Å²) < 4.78 is 57.4. The van der Waals surface area contributed by atoms with Crippen LogP contribution in [0.25, 0.3) is 0 Å². The largest absolute Gasteiger partial charge is 0.422 e. The summed E-state index contributed by atoms with van der Waals surface area (Å²) in [6.07, 6.45) is -4.27. The molecule has 1 aliphatic rings. The quantitative estimate of drug-likeness (QED) is 0.367. The molecule has 0 saturated heterocycles. The minimum absolute atomic E-state index is 2.15. The van der Waals surface area contributed by atoms with Crippen molar-refractivity contribution in [2.75, 3.05) is 0 Å². The van der Waals surface area contributed by atoms with Gasteiger partial charge < -0.3 is 0 Å². The third kappa shape index (κ3) is 3.15. The zero-order valence-corrected chi connectivity index (χ0v) is 9.98. The fraction of sp³-hybridized carbons (Fsp3) is 0. The molecule has 3 nitrogen and oxygen atoms in total. The maximum Gasteiger partial charge on any atom is 0.422 e. The van der Waals surface area contributed by atoms with E-state index >= 15 is 0 Å². The fourth-order valence-corrected chi connectivity index (χ4v) is 10.4. The van der Waals surface area contributed by atoms with Gasteiger partial charge in [-0.15, -0.1) is 17.4 Å². The Morgan fingerprint density at radius 3 is 1.83 bits per heavy atom. The van der Waals surface area contributed by atoms with E-state index in [1.165, 1.54) is 0 Å². The van der Waals surface area contributed by atoms with E-state index in [0.29, 0.717) is 0 Å². The van der Waals surface area contributed by atoms with Crippen molar-refractivity contribution in [1.29, 1.82) is 0 Å². The normalized spacial score (nSPS) is 45.5. The summed E-state index contributed by atoms with van der Waals surface area (Å²) in [6, 6.07) is 0. The molecule has 0 amide bonds. The molecule has 12 heteroatoms. The lowest BCUT2D eigenvalue weighted by Crippen LogP contribution is -1.65. The molecule has 0 fully saturated rings. The number of hydrogen-bond donors (Lipinski definition) is 0. The highest BCUT2D eigenvalue weighted by Gasteiger charge is 2.35. The molecule has 72 valence electrons. The highest BCUT2D eigenvalue weighted by Crippen LogP contribution is 2.84. The summed E-state index contributed by atoms with van der Waals surface area (Å²) in [5.74, 6) is 0. The summed E-state index contributed by atoms with van der Waals surface area (Å²) in [4.78, 5) is 0. The Balaban J connectivity index is 3.46. The van der Waals surface area contributed by atoms with Gasteiger partial charge in [-0.2, -0.15) is 12.9 Å². The van der Waals surface area contributed by atoms with E-state index in [9.17, 15) is 16.8 Å². The van der Waals surface area contributed by atoms with Gasteiger partial charge in [-0.1, -0.05) is 0 Å². The van der Waals surface area contributed by atoms with Crippen molar-refractivity contribution >= 4 is 47.6 Å². The second kappa shape index (κ2) is 3.09. The Bertz CT molecular complexity index is 282. The van der Waals surface area contributed by atoms with Crippen LogP contribution in [-0.2, 0) is 0 Å². The van der Waals surface area contributed by atoms with Crippen LogP contribution in [0.4, 0.5) is 16.8 Å². The lowest BCUT2D eigenvalue weighted by Gasteiger charge is -2.11. The smallest absolute Gasteiger partial charge is 0.170 e. The first-order chi connectivity index (χ1) is 5.12. The number of hydrogen-bond acceptors (Lipinski definition) is 3. The van der Waals surface area contributed by atoms with Crippen molar-refractivity contribution < 1.29 is 16.8 Å². The van der Waals surface area contributed by atoms with Gasteiger partial charge in [-0.25, -0.2) is 0 Å². The van der Waals surface area contributed by atoms with Gasteiger partial charge >= 0.3 is 20.9 Å². The Morgan fingerprint density at radius 2 is 1.50 bits per heavy atom. The predicted octanol–water partition coefficient (Wildman–Crippen LogP) is 6.35. The van der Waals surface area contributed by atoms with Crippen molar-refractivity contribution in [2.45, 2.75) is 0 Å². The van der Waals surface area contributed by atoms with Gasteiger partial charge in [0, 0.05) is 15.5 Å². The van der Waals surface area contributed by atoms with Crippen LogP contribution in [0.2, 0.25) is 0 Å². The van der Waals surface area contributed by atoms with Crippen LogP contribution >= 0.6 is 47.6 Å². The molecule has 1 heterocycles. The Morgan fingerprint density at radius 1 is 1.00 bits per heavy atom. The van der Waals surface area contributed by atoms with Crippen molar-refractivity contribution in [2.24, 2.45) is 13.5 Å². The van der Waals surface area contributed by atoms with E-state index in [1.54, 1.807) is 0 Å². The van der Waals surface area contributed by atoms with Crippen LogP contribution in [0, 0.1) is 0 Å². The molecule has 12 heavy (non-hydrogen) atoms. The topological polar surface area (TPSA) is 37.1 Å². The minimum atomic E-state index is -5.25. The average Bonchev–Trinajstić information content (AvgIpc) is 1.44. The first kappa shape index (κ1) is 11.3. The predicted molar refractivity (Wildman–Crippen MR) is 47.3 cm³/mol. The summed E-state index contributed by atoms with van der Waals surface area (Å²) in [5, 5.41) is 0. The molecule has 0 aromatic heterocycles. The van der Waals surface area contributed by atoms with E-state index in [1.807, 2.05) is 0 Å². The van der Waals surface area contributed by atoms with E-state index < -0.39 is 20.9 Å². The van der Waals surface area contributed by atoms with Gasteiger partial charge in [-0.3, -0.25) is 0 Å². The SMILES string of the molecule is FP1(F)=NP(F)(Br)=NP(F)(Cl)=N1. The third-order valence-corrected chi connectivity index (χ3v) is 9.58. The van der Waals surface area contributed by atoms with Crippen LogP contribution in [-0.4, -0.2) is 0 Å². The molecule has 0 radical (unpaired) electrons. The molecule has 0 aromatic carbocycles. The standard InChI is InChI=1S/BrClF4N3P3/c1-10(3)7-11(2,4)9-12(5,6)8-10. The summed E-state index contributed by atoms with van der Waals surface area (Å²) in [7, 11) is -5.25. The van der Waals surface area contributed by atoms with Crippen molar-refractivity contribution in [1.82, 2.24) is 0 Å². The molecular weight excluding hydrogens is 326 g/mol. The molecular formula is BrClF4N3P3. The van der Waals surface area contributed by atoms with Crippen LogP contribution in [0.1, 0.15) is 0 Å². The Kier molecular flexibility index (Phi) is 2.90. The van der Waals surface area contributed by atoms with Gasteiger partial charge in [0.2, 0.25) is 0 Å². The van der Waals surface area contributed by atoms with E-state index in [2.05, 4.69) is 29.0 Å². The number of halogens is 6. The first-order valence-electron chi connectivity index (χ1n) is 2.21. The fourth-order valence-electron chi connectivity index (χ4n) is 0.442. The second-order valence-corrected chi connectivity index (χ2v) is 10.5.